The van der Waals surface area contributed by atoms with Crippen LogP contribution in [0.4, 0.5) is 4.39 Å². The third kappa shape index (κ3) is 3.92. The first-order valence-corrected chi connectivity index (χ1v) is 7.57. The molecule has 1 heterocycles. The number of hydrogen-bond donors (Lipinski definition) is 2. The number of aliphatic hydroxyl groups is 1. The fraction of sp³-hybridized carbons (Fsp3) is 0.333. The molecule has 0 amide bonds. The van der Waals surface area contributed by atoms with Crippen LogP contribution >= 0.6 is 11.8 Å². The maximum Gasteiger partial charge on any atom is 0.251 e. The van der Waals surface area contributed by atoms with E-state index in [9.17, 15) is 14.3 Å². The quantitative estimate of drug-likeness (QED) is 0.833. The molecule has 1 atom stereocenters. The standard InChI is InChI=1S/C15H17FN2O2S/c1-3-5-10-8-13(20)18-15(17-10)21-14-11(9(2)19)6-4-7-12(14)16/h4,6-9,19H,3,5H2,1-2H3,(H,17,18,20)/t9-/m0/s1. The molecule has 0 unspecified atom stereocenters. The van der Waals surface area contributed by atoms with E-state index < -0.39 is 11.9 Å². The van der Waals surface area contributed by atoms with Crippen molar-refractivity contribution < 1.29 is 9.50 Å². The van der Waals surface area contributed by atoms with E-state index in [0.29, 0.717) is 22.8 Å². The number of nitrogens with zero attached hydrogens (tertiary/aromatic N) is 1. The Labute approximate surface area is 126 Å². The number of nitrogens with one attached hydrogen (secondary N) is 1. The summed E-state index contributed by atoms with van der Waals surface area (Å²) >= 11 is 1.02. The maximum atomic E-state index is 14.0. The van der Waals surface area contributed by atoms with Gasteiger partial charge in [-0.05, 0) is 36.7 Å². The zero-order valence-electron chi connectivity index (χ0n) is 11.9. The van der Waals surface area contributed by atoms with Crippen molar-refractivity contribution in [3.63, 3.8) is 0 Å². The second-order valence-electron chi connectivity index (χ2n) is 4.73. The van der Waals surface area contributed by atoms with Crippen LogP contribution in [0.5, 0.6) is 0 Å². The van der Waals surface area contributed by atoms with Crippen molar-refractivity contribution in [2.24, 2.45) is 0 Å². The second kappa shape index (κ2) is 6.87. The fourth-order valence-electron chi connectivity index (χ4n) is 1.97. The first-order valence-electron chi connectivity index (χ1n) is 6.75. The molecule has 0 fully saturated rings. The molecule has 0 aliphatic heterocycles. The number of benzene rings is 1. The number of hydrogen-bond acceptors (Lipinski definition) is 4. The van der Waals surface area contributed by atoms with Crippen LogP contribution in [0.25, 0.3) is 0 Å². The molecule has 0 spiro atoms. The topological polar surface area (TPSA) is 66.0 Å². The van der Waals surface area contributed by atoms with Crippen LogP contribution in [0.2, 0.25) is 0 Å². The van der Waals surface area contributed by atoms with E-state index in [1.54, 1.807) is 19.1 Å². The van der Waals surface area contributed by atoms with Gasteiger partial charge in [-0.2, -0.15) is 0 Å². The van der Waals surface area contributed by atoms with Crippen LogP contribution in [-0.4, -0.2) is 15.1 Å². The van der Waals surface area contributed by atoms with Crippen LogP contribution in [0.15, 0.2) is 39.1 Å². The summed E-state index contributed by atoms with van der Waals surface area (Å²) in [6.45, 7) is 3.57. The molecule has 0 saturated heterocycles. The van der Waals surface area contributed by atoms with Gasteiger partial charge in [-0.3, -0.25) is 4.79 Å². The summed E-state index contributed by atoms with van der Waals surface area (Å²) in [4.78, 5) is 18.8. The van der Waals surface area contributed by atoms with Gasteiger partial charge in [0.05, 0.1) is 11.0 Å². The number of H-pyrrole nitrogens is 1. The average Bonchev–Trinajstić information content (AvgIpc) is 2.40. The average molecular weight is 308 g/mol. The molecule has 0 saturated carbocycles. The minimum absolute atomic E-state index is 0.258. The zero-order chi connectivity index (χ0) is 15.4. The predicted octanol–water partition coefficient (Wildman–Crippen LogP) is 3.07. The molecule has 0 aliphatic carbocycles. The number of aliphatic hydroxyl groups excluding tert-OH is 1. The van der Waals surface area contributed by atoms with Crippen molar-refractivity contribution in [3.05, 3.63) is 51.7 Å². The lowest BCUT2D eigenvalue weighted by molar-refractivity contribution is 0.195. The summed E-state index contributed by atoms with van der Waals surface area (Å²) in [5, 5.41) is 10.1. The van der Waals surface area contributed by atoms with E-state index in [1.807, 2.05) is 6.92 Å². The Morgan fingerprint density at radius 1 is 1.48 bits per heavy atom. The Morgan fingerprint density at radius 3 is 2.90 bits per heavy atom. The van der Waals surface area contributed by atoms with Crippen molar-refractivity contribution in [1.29, 1.82) is 0 Å². The van der Waals surface area contributed by atoms with Crippen molar-refractivity contribution in [2.45, 2.75) is 42.8 Å². The highest BCUT2D eigenvalue weighted by Gasteiger charge is 2.15. The van der Waals surface area contributed by atoms with Gasteiger partial charge in [0.1, 0.15) is 5.82 Å². The van der Waals surface area contributed by atoms with Gasteiger partial charge in [-0.25, -0.2) is 9.37 Å². The highest BCUT2D eigenvalue weighted by Crippen LogP contribution is 2.33. The van der Waals surface area contributed by atoms with Gasteiger partial charge < -0.3 is 10.1 Å². The van der Waals surface area contributed by atoms with E-state index in [4.69, 9.17) is 0 Å². The molecule has 4 nitrogen and oxygen atoms in total. The Bertz CT molecular complexity index is 686. The zero-order valence-corrected chi connectivity index (χ0v) is 12.7. The molecule has 6 heteroatoms. The highest BCUT2D eigenvalue weighted by atomic mass is 32.2. The molecular weight excluding hydrogens is 291 g/mol. The van der Waals surface area contributed by atoms with Crippen molar-refractivity contribution in [2.75, 3.05) is 0 Å². The largest absolute Gasteiger partial charge is 0.389 e. The molecule has 1 aromatic carbocycles. The number of aryl methyl sites for hydroxylation is 1. The van der Waals surface area contributed by atoms with Gasteiger partial charge in [-0.1, -0.05) is 25.5 Å². The lowest BCUT2D eigenvalue weighted by Crippen LogP contribution is -2.10. The summed E-state index contributed by atoms with van der Waals surface area (Å²) in [5.41, 5.74) is 0.896. The Morgan fingerprint density at radius 2 is 2.24 bits per heavy atom. The lowest BCUT2D eigenvalue weighted by atomic mass is 10.1. The van der Waals surface area contributed by atoms with Gasteiger partial charge >= 0.3 is 0 Å². The molecule has 0 aliphatic rings. The predicted molar refractivity (Wildman–Crippen MR) is 80.0 cm³/mol. The summed E-state index contributed by atoms with van der Waals surface area (Å²) in [7, 11) is 0. The third-order valence-electron chi connectivity index (χ3n) is 2.93. The van der Waals surface area contributed by atoms with Crippen molar-refractivity contribution in [3.8, 4) is 0 Å². The molecule has 112 valence electrons. The minimum atomic E-state index is -0.797. The third-order valence-corrected chi connectivity index (χ3v) is 3.95. The van der Waals surface area contributed by atoms with E-state index in [1.165, 1.54) is 12.1 Å². The summed E-state index contributed by atoms with van der Waals surface area (Å²) < 4.78 is 14.0. The molecule has 0 radical (unpaired) electrons. The van der Waals surface area contributed by atoms with E-state index >= 15 is 0 Å². The summed E-state index contributed by atoms with van der Waals surface area (Å²) in [6, 6.07) is 5.97. The van der Waals surface area contributed by atoms with Crippen LogP contribution in [0, 0.1) is 5.82 Å². The van der Waals surface area contributed by atoms with Gasteiger partial charge in [0.2, 0.25) is 0 Å². The van der Waals surface area contributed by atoms with Crippen molar-refractivity contribution >= 4 is 11.8 Å². The van der Waals surface area contributed by atoms with Crippen molar-refractivity contribution in [1.82, 2.24) is 9.97 Å². The Hall–Kier alpha value is -1.66. The number of halogens is 1. The molecule has 2 N–H and O–H groups in total. The molecule has 1 aromatic heterocycles. The monoisotopic (exact) mass is 308 g/mol. The first-order chi connectivity index (χ1) is 10.0. The first kappa shape index (κ1) is 15.7. The number of aromatic nitrogens is 2. The Balaban J connectivity index is 2.40. The minimum Gasteiger partial charge on any atom is -0.389 e. The summed E-state index contributed by atoms with van der Waals surface area (Å²) in [6.07, 6.45) is 0.769. The van der Waals surface area contributed by atoms with Gasteiger partial charge in [-0.15, -0.1) is 0 Å². The number of rotatable bonds is 5. The molecular formula is C15H17FN2O2S. The fourth-order valence-corrected chi connectivity index (χ4v) is 3.00. The maximum absolute atomic E-state index is 14.0. The highest BCUT2D eigenvalue weighted by molar-refractivity contribution is 7.99. The van der Waals surface area contributed by atoms with Crippen LogP contribution in [0.3, 0.4) is 0 Å². The van der Waals surface area contributed by atoms with Gasteiger partial charge in [0, 0.05) is 11.8 Å². The number of aromatic amines is 1. The Kier molecular flexibility index (Phi) is 5.14. The SMILES string of the molecule is CCCc1cc(=O)[nH]c(Sc2c(F)cccc2[C@H](C)O)n1. The molecule has 21 heavy (non-hydrogen) atoms. The van der Waals surface area contributed by atoms with Gasteiger partial charge in [0.15, 0.2) is 5.16 Å². The van der Waals surface area contributed by atoms with E-state index in [-0.39, 0.29) is 10.5 Å². The summed E-state index contributed by atoms with van der Waals surface area (Å²) in [5.74, 6) is -0.443. The second-order valence-corrected chi connectivity index (χ2v) is 5.73. The van der Waals surface area contributed by atoms with E-state index in [2.05, 4.69) is 9.97 Å². The van der Waals surface area contributed by atoms with E-state index in [0.717, 1.165) is 18.2 Å². The molecule has 2 aromatic rings. The van der Waals surface area contributed by atoms with Crippen LogP contribution < -0.4 is 5.56 Å². The molecule has 2 rings (SSSR count). The lowest BCUT2D eigenvalue weighted by Gasteiger charge is -2.12. The normalized spacial score (nSPS) is 12.4. The molecule has 0 bridgehead atoms. The van der Waals surface area contributed by atoms with Gasteiger partial charge in [0.25, 0.3) is 5.56 Å². The smallest absolute Gasteiger partial charge is 0.251 e. The van der Waals surface area contributed by atoms with Crippen LogP contribution in [-0.2, 0) is 6.42 Å². The van der Waals surface area contributed by atoms with Crippen LogP contribution in [0.1, 0.15) is 37.6 Å².